The summed E-state index contributed by atoms with van der Waals surface area (Å²) < 4.78 is 0.507. The van der Waals surface area contributed by atoms with Gasteiger partial charge in [-0.15, -0.1) is 11.8 Å². The fourth-order valence-electron chi connectivity index (χ4n) is 6.91. The van der Waals surface area contributed by atoms with E-state index in [2.05, 4.69) is 15.5 Å². The molecule has 6 rings (SSSR count). The Hall–Kier alpha value is -4.30. The summed E-state index contributed by atoms with van der Waals surface area (Å²) >= 11 is 14.5. The number of β-lactam (4-membered cyclic amide) rings is 1. The third kappa shape index (κ3) is 6.63. The van der Waals surface area contributed by atoms with Gasteiger partial charge in [-0.1, -0.05) is 39.7 Å². The summed E-state index contributed by atoms with van der Waals surface area (Å²) in [5.74, 6) is -5.41. The molecule has 1 unspecified atom stereocenters. The van der Waals surface area contributed by atoms with Crippen molar-refractivity contribution in [2.45, 2.75) is 43.3 Å². The number of rotatable bonds is 10. The van der Waals surface area contributed by atoms with Gasteiger partial charge in [-0.05, 0) is 19.1 Å². The standard InChI is InChI=1S/C30H31Cl2N7O10S2/c1-12(28(45)46)49-36-19(18-23(32)51-30(33)35-18)24(42)34-20-26(44)38-21(29(47)48)13(11-50-27(20)38)10-39-7-2-3-14(39)9-37(6-8-39)25(43)15-4-5-16(40)22(41)17(15)31/h4-5,12,14,20,27H,2-3,6-11H2,1H3,(H6-,33,34,35,36,40,41,42,43,45,46,47,48)/p+1/t12-,14+,20-,27-,39?/m1/s1. The van der Waals surface area contributed by atoms with Crippen molar-refractivity contribution in [2.75, 3.05) is 44.2 Å². The molecule has 0 saturated carbocycles. The number of halogens is 2. The first-order chi connectivity index (χ1) is 24.1. The maximum absolute atomic E-state index is 13.5. The second-order valence-electron chi connectivity index (χ2n) is 12.5. The van der Waals surface area contributed by atoms with Gasteiger partial charge in [-0.3, -0.25) is 19.3 Å². The number of hydrogen-bond acceptors (Lipinski definition) is 13. The number of aliphatic carboxylic acids is 2. The topological polar surface area (TPSA) is 245 Å². The Labute approximate surface area is 307 Å². The number of phenolic OH excluding ortho intramolecular Hbond substituents is 2. The molecule has 17 nitrogen and oxygen atoms in total. The maximum atomic E-state index is 13.5. The van der Waals surface area contributed by atoms with Crippen molar-refractivity contribution in [3.05, 3.63) is 44.0 Å². The summed E-state index contributed by atoms with van der Waals surface area (Å²) in [6.45, 7) is 3.50. The summed E-state index contributed by atoms with van der Waals surface area (Å²) in [5.41, 5.74) is 5.50. The van der Waals surface area contributed by atoms with Crippen molar-refractivity contribution in [3.63, 3.8) is 0 Å². The van der Waals surface area contributed by atoms with Crippen molar-refractivity contribution in [1.29, 1.82) is 0 Å². The fourth-order valence-corrected chi connectivity index (χ4v) is 9.42. The van der Waals surface area contributed by atoms with Crippen molar-refractivity contribution in [1.82, 2.24) is 20.1 Å². The number of aromatic nitrogens is 1. The molecule has 5 heterocycles. The predicted octanol–water partition coefficient (Wildman–Crippen LogP) is 1.51. The molecular formula is C30H32Cl2N7O10S2+. The number of carbonyl (C=O) groups excluding carboxylic acids is 3. The molecule has 3 amide bonds. The summed E-state index contributed by atoms with van der Waals surface area (Å²) in [4.78, 5) is 76.0. The number of quaternary nitrogens is 1. The highest BCUT2D eigenvalue weighted by atomic mass is 35.5. The minimum Gasteiger partial charge on any atom is -0.504 e. The first kappa shape index (κ1) is 36.5. The Morgan fingerprint density at radius 3 is 2.63 bits per heavy atom. The van der Waals surface area contributed by atoms with Gasteiger partial charge in [0, 0.05) is 24.2 Å². The van der Waals surface area contributed by atoms with Crippen LogP contribution in [0.3, 0.4) is 0 Å². The van der Waals surface area contributed by atoms with E-state index < -0.39 is 64.4 Å². The van der Waals surface area contributed by atoms with Gasteiger partial charge < -0.3 is 45.7 Å². The third-order valence-electron chi connectivity index (χ3n) is 9.51. The zero-order chi connectivity index (χ0) is 36.9. The minimum atomic E-state index is -1.43. The van der Waals surface area contributed by atoms with Gasteiger partial charge in [0.15, 0.2) is 22.3 Å². The average molecular weight is 786 g/mol. The van der Waals surface area contributed by atoms with Crippen LogP contribution in [-0.4, -0.2) is 137 Å². The first-order valence-electron chi connectivity index (χ1n) is 15.6. The van der Waals surface area contributed by atoms with Crippen LogP contribution in [0.25, 0.3) is 0 Å². The first-order valence-corrected chi connectivity index (χ1v) is 18.2. The van der Waals surface area contributed by atoms with Gasteiger partial charge in [-0.2, -0.15) is 0 Å². The molecule has 0 spiro atoms. The number of aromatic hydroxyl groups is 2. The van der Waals surface area contributed by atoms with Gasteiger partial charge in [0.2, 0.25) is 6.10 Å². The number of fused-ring (bicyclic) bond motifs is 2. The highest BCUT2D eigenvalue weighted by Crippen LogP contribution is 2.43. The van der Waals surface area contributed by atoms with E-state index in [4.69, 9.17) is 33.8 Å². The monoisotopic (exact) mass is 784 g/mol. The summed E-state index contributed by atoms with van der Waals surface area (Å²) in [5, 5.41) is 44.5. The Morgan fingerprint density at radius 2 is 1.96 bits per heavy atom. The van der Waals surface area contributed by atoms with Crippen LogP contribution in [0.4, 0.5) is 5.13 Å². The predicted molar refractivity (Wildman–Crippen MR) is 185 cm³/mol. The molecule has 51 heavy (non-hydrogen) atoms. The number of benzene rings is 1. The Bertz CT molecular complexity index is 1910. The van der Waals surface area contributed by atoms with Gasteiger partial charge in [-0.25, -0.2) is 14.6 Å². The number of thioether (sulfide) groups is 1. The van der Waals surface area contributed by atoms with Gasteiger partial charge >= 0.3 is 11.9 Å². The molecule has 1 aromatic heterocycles. The van der Waals surface area contributed by atoms with Crippen LogP contribution in [0.1, 0.15) is 35.8 Å². The summed E-state index contributed by atoms with van der Waals surface area (Å²) in [6, 6.07) is 1.39. The van der Waals surface area contributed by atoms with Crippen LogP contribution >= 0.6 is 46.3 Å². The second-order valence-corrected chi connectivity index (χ2v) is 15.6. The molecule has 1 aromatic carbocycles. The van der Waals surface area contributed by atoms with Crippen molar-refractivity contribution < 1.29 is 53.7 Å². The Kier molecular flexibility index (Phi) is 10.0. The lowest BCUT2D eigenvalue weighted by Crippen LogP contribution is -2.71. The number of nitrogens with two attached hydrogens (primary N) is 1. The fraction of sp³-hybridized carbons (Fsp3) is 0.433. The van der Waals surface area contributed by atoms with Crippen LogP contribution in [0, 0.1) is 0 Å². The number of hydrogen-bond donors (Lipinski definition) is 6. The van der Waals surface area contributed by atoms with Crippen LogP contribution < -0.4 is 11.1 Å². The zero-order valence-corrected chi connectivity index (χ0v) is 29.9. The van der Waals surface area contributed by atoms with E-state index in [1.165, 1.54) is 30.8 Å². The number of oxime groups is 1. The molecular weight excluding hydrogens is 753 g/mol. The largest absolute Gasteiger partial charge is 0.504 e. The number of phenols is 2. The number of piperazine rings is 1. The molecule has 4 aliphatic rings. The van der Waals surface area contributed by atoms with Gasteiger partial charge in [0.1, 0.15) is 39.7 Å². The molecule has 3 saturated heterocycles. The third-order valence-corrected chi connectivity index (χ3v) is 12.3. The number of anilines is 1. The maximum Gasteiger partial charge on any atom is 0.352 e. The van der Waals surface area contributed by atoms with E-state index in [1.807, 2.05) is 0 Å². The molecule has 7 N–H and O–H groups in total. The van der Waals surface area contributed by atoms with Gasteiger partial charge in [0.25, 0.3) is 17.7 Å². The number of nitrogens with zero attached hydrogens (tertiary/aromatic N) is 5. The highest BCUT2D eigenvalue weighted by Gasteiger charge is 2.56. The van der Waals surface area contributed by atoms with Crippen LogP contribution in [-0.2, 0) is 24.0 Å². The number of nitrogens with one attached hydrogen (secondary N) is 1. The molecule has 0 bridgehead atoms. The number of amides is 3. The quantitative estimate of drug-likeness (QED) is 0.0659. The van der Waals surface area contributed by atoms with Gasteiger partial charge in [0.05, 0.1) is 36.8 Å². The lowest BCUT2D eigenvalue weighted by atomic mass is 10.0. The van der Waals surface area contributed by atoms with E-state index >= 15 is 0 Å². The number of carboxylic acids is 2. The lowest BCUT2D eigenvalue weighted by molar-refractivity contribution is -0.938. The van der Waals surface area contributed by atoms with E-state index in [-0.39, 0.29) is 43.2 Å². The summed E-state index contributed by atoms with van der Waals surface area (Å²) in [7, 11) is 0. The van der Waals surface area contributed by atoms with Crippen LogP contribution in [0.5, 0.6) is 11.5 Å². The Morgan fingerprint density at radius 1 is 1.22 bits per heavy atom. The minimum absolute atomic E-state index is 0.000882. The number of carbonyl (C=O) groups is 5. The van der Waals surface area contributed by atoms with Crippen molar-refractivity contribution in [2.24, 2.45) is 5.16 Å². The molecule has 272 valence electrons. The Balaban J connectivity index is 1.18. The van der Waals surface area contributed by atoms with Crippen LogP contribution in [0.15, 0.2) is 28.6 Å². The normalized spacial score (nSPS) is 25.1. The van der Waals surface area contributed by atoms with E-state index in [1.54, 1.807) is 4.90 Å². The highest BCUT2D eigenvalue weighted by molar-refractivity contribution is 8.00. The van der Waals surface area contributed by atoms with Crippen molar-refractivity contribution in [3.8, 4) is 11.5 Å². The number of thiazole rings is 1. The molecule has 4 aliphatic heterocycles. The smallest absolute Gasteiger partial charge is 0.352 e. The SMILES string of the molecule is C[C@@H](O/N=C(\C(=O)N[C@@H]1C(=O)N2C(C(=O)O)=C(C[N+]34CCC[C@H]3CN(C(=O)c3ccc(O)c(O)c3Cl)CC4)CS[C@H]12)c1nc(N)sc1Cl)C(=O)O. The van der Waals surface area contributed by atoms with Crippen LogP contribution in [0.2, 0.25) is 9.36 Å². The van der Waals surface area contributed by atoms with E-state index in [0.29, 0.717) is 36.2 Å². The van der Waals surface area contributed by atoms with Crippen molar-refractivity contribution >= 4 is 86.8 Å². The molecule has 2 aromatic rings. The molecule has 21 heteroatoms. The molecule has 5 atom stereocenters. The molecule has 0 aliphatic carbocycles. The number of carboxylic acid groups (broad SMARTS) is 2. The number of nitrogen functional groups attached to an aromatic ring is 1. The molecule has 3 fully saturated rings. The van der Waals surface area contributed by atoms with E-state index in [0.717, 1.165) is 35.6 Å². The second kappa shape index (κ2) is 14.0. The summed E-state index contributed by atoms with van der Waals surface area (Å²) in [6.07, 6.45) is 0.202. The lowest BCUT2D eigenvalue weighted by Gasteiger charge is -2.51. The van der Waals surface area contributed by atoms with E-state index in [9.17, 15) is 44.4 Å². The molecule has 0 radical (unpaired) electrons. The zero-order valence-electron chi connectivity index (χ0n) is 26.7. The average Bonchev–Trinajstić information content (AvgIpc) is 3.66.